The molecule has 0 fully saturated rings. The molecule has 0 radical (unpaired) electrons. The van der Waals surface area contributed by atoms with Gasteiger partial charge in [-0.15, -0.1) is 0 Å². The molecule has 0 spiro atoms. The van der Waals surface area contributed by atoms with Gasteiger partial charge in [0.15, 0.2) is 6.61 Å². The number of halogens is 2. The molecule has 2 rings (SSSR count). The van der Waals surface area contributed by atoms with Crippen LogP contribution in [0.3, 0.4) is 0 Å². The molecule has 0 bridgehead atoms. The Morgan fingerprint density at radius 2 is 1.79 bits per heavy atom. The molecular weight excluding hydrogens is 499 g/mol. The highest BCUT2D eigenvalue weighted by Gasteiger charge is 2.29. The predicted molar refractivity (Wildman–Crippen MR) is 137 cm³/mol. The first kappa shape index (κ1) is 27.8. The summed E-state index contributed by atoms with van der Waals surface area (Å²) >= 11 is 3.54. The minimum absolute atomic E-state index is 0.0116. The van der Waals surface area contributed by atoms with Gasteiger partial charge in [-0.3, -0.25) is 9.59 Å². The van der Waals surface area contributed by atoms with Crippen molar-refractivity contribution in [1.29, 1.82) is 0 Å². The third kappa shape index (κ3) is 8.12. The summed E-state index contributed by atoms with van der Waals surface area (Å²) < 4.78 is 20.0. The van der Waals surface area contributed by atoms with Crippen LogP contribution in [0.4, 0.5) is 4.39 Å². The standard InChI is InChI=1S/C27H36BrFN2O3/c1-6-8-15-30-26(33)23(7-2)31(17-19-9-12-21(29)13-10-19)25(32)18-34-24-14-11-20(16-22(24)28)27(3,4)5/h9-14,16,23H,6-8,15,17-18H2,1-5H3,(H,30,33)/t23-/m1/s1. The summed E-state index contributed by atoms with van der Waals surface area (Å²) in [5.41, 5.74) is 1.87. The molecule has 0 saturated carbocycles. The zero-order valence-corrected chi connectivity index (χ0v) is 22.4. The highest BCUT2D eigenvalue weighted by molar-refractivity contribution is 9.10. The SMILES string of the molecule is CCCCNC(=O)[C@@H](CC)N(Cc1ccc(F)cc1)C(=O)COc1ccc(C(C)(C)C)cc1Br. The molecule has 7 heteroatoms. The van der Waals surface area contributed by atoms with Crippen molar-refractivity contribution in [2.45, 2.75) is 71.9 Å². The van der Waals surface area contributed by atoms with Crippen molar-refractivity contribution in [3.05, 3.63) is 63.9 Å². The number of hydrogen-bond acceptors (Lipinski definition) is 3. The molecule has 2 amide bonds. The Labute approximate surface area is 211 Å². The lowest BCUT2D eigenvalue weighted by atomic mass is 9.87. The molecule has 0 saturated heterocycles. The van der Waals surface area contributed by atoms with E-state index in [0.717, 1.165) is 28.4 Å². The van der Waals surface area contributed by atoms with Crippen LogP contribution in [-0.2, 0) is 21.5 Å². The average Bonchev–Trinajstić information content (AvgIpc) is 2.78. The fraction of sp³-hybridized carbons (Fsp3) is 0.481. The summed E-state index contributed by atoms with van der Waals surface area (Å²) in [6.07, 6.45) is 2.29. The van der Waals surface area contributed by atoms with Crippen molar-refractivity contribution in [2.75, 3.05) is 13.2 Å². The minimum Gasteiger partial charge on any atom is -0.483 e. The molecule has 0 unspecified atom stereocenters. The molecule has 1 atom stereocenters. The normalized spacial score (nSPS) is 12.2. The van der Waals surface area contributed by atoms with E-state index in [1.807, 2.05) is 25.1 Å². The van der Waals surface area contributed by atoms with Crippen LogP contribution in [0, 0.1) is 5.82 Å². The van der Waals surface area contributed by atoms with E-state index in [1.165, 1.54) is 17.0 Å². The molecule has 2 aromatic carbocycles. The predicted octanol–water partition coefficient (Wildman–Crippen LogP) is 5.99. The van der Waals surface area contributed by atoms with Gasteiger partial charge in [0.1, 0.15) is 17.6 Å². The van der Waals surface area contributed by atoms with Crippen LogP contribution in [0.2, 0.25) is 0 Å². The van der Waals surface area contributed by atoms with Crippen molar-refractivity contribution >= 4 is 27.7 Å². The number of ether oxygens (including phenoxy) is 1. The van der Waals surface area contributed by atoms with Crippen LogP contribution in [0.15, 0.2) is 46.9 Å². The van der Waals surface area contributed by atoms with Gasteiger partial charge in [0, 0.05) is 13.1 Å². The van der Waals surface area contributed by atoms with E-state index in [0.29, 0.717) is 18.7 Å². The third-order valence-electron chi connectivity index (χ3n) is 5.63. The number of unbranched alkanes of at least 4 members (excludes halogenated alkanes) is 1. The summed E-state index contributed by atoms with van der Waals surface area (Å²) in [6.45, 7) is 10.8. The summed E-state index contributed by atoms with van der Waals surface area (Å²) in [7, 11) is 0. The van der Waals surface area contributed by atoms with E-state index in [1.54, 1.807) is 12.1 Å². The highest BCUT2D eigenvalue weighted by Crippen LogP contribution is 2.31. The molecular formula is C27H36BrFN2O3. The summed E-state index contributed by atoms with van der Waals surface area (Å²) in [6, 6.07) is 11.1. The maximum Gasteiger partial charge on any atom is 0.261 e. The quantitative estimate of drug-likeness (QED) is 0.360. The fourth-order valence-corrected chi connectivity index (χ4v) is 4.01. The topological polar surface area (TPSA) is 58.6 Å². The third-order valence-corrected chi connectivity index (χ3v) is 6.25. The molecule has 186 valence electrons. The zero-order valence-electron chi connectivity index (χ0n) is 20.8. The smallest absolute Gasteiger partial charge is 0.261 e. The van der Waals surface area contributed by atoms with Gasteiger partial charge in [-0.25, -0.2) is 4.39 Å². The maximum atomic E-state index is 13.4. The largest absolute Gasteiger partial charge is 0.483 e. The number of rotatable bonds is 11. The monoisotopic (exact) mass is 534 g/mol. The van der Waals surface area contributed by atoms with Crippen LogP contribution in [0.5, 0.6) is 5.75 Å². The molecule has 0 aromatic heterocycles. The van der Waals surface area contributed by atoms with Crippen molar-refractivity contribution in [2.24, 2.45) is 0 Å². The molecule has 0 aliphatic carbocycles. The van der Waals surface area contributed by atoms with Crippen LogP contribution >= 0.6 is 15.9 Å². The summed E-state index contributed by atoms with van der Waals surface area (Å²) in [5.74, 6) is -0.294. The van der Waals surface area contributed by atoms with Gasteiger partial charge in [0.2, 0.25) is 5.91 Å². The average molecular weight is 535 g/mol. The second-order valence-electron chi connectivity index (χ2n) is 9.40. The zero-order chi connectivity index (χ0) is 25.3. The fourth-order valence-electron chi connectivity index (χ4n) is 3.52. The Balaban J connectivity index is 2.20. The minimum atomic E-state index is -0.648. The van der Waals surface area contributed by atoms with Crippen LogP contribution in [-0.4, -0.2) is 35.9 Å². The van der Waals surface area contributed by atoms with Gasteiger partial charge in [0.25, 0.3) is 5.91 Å². The van der Waals surface area contributed by atoms with E-state index >= 15 is 0 Å². The van der Waals surface area contributed by atoms with Gasteiger partial charge >= 0.3 is 0 Å². The number of hydrogen-bond donors (Lipinski definition) is 1. The van der Waals surface area contributed by atoms with E-state index < -0.39 is 6.04 Å². The van der Waals surface area contributed by atoms with Crippen molar-refractivity contribution in [3.63, 3.8) is 0 Å². The molecule has 2 aromatic rings. The van der Waals surface area contributed by atoms with Crippen LogP contribution in [0.1, 0.15) is 65.0 Å². The Morgan fingerprint density at radius 3 is 2.35 bits per heavy atom. The van der Waals surface area contributed by atoms with Crippen molar-refractivity contribution in [1.82, 2.24) is 10.2 Å². The van der Waals surface area contributed by atoms with E-state index in [9.17, 15) is 14.0 Å². The number of nitrogens with one attached hydrogen (secondary N) is 1. The van der Waals surface area contributed by atoms with Gasteiger partial charge in [0.05, 0.1) is 4.47 Å². The Kier molecular flexibility index (Phi) is 10.5. The van der Waals surface area contributed by atoms with E-state index in [4.69, 9.17) is 4.74 Å². The second-order valence-corrected chi connectivity index (χ2v) is 10.3. The molecule has 0 aliphatic rings. The molecule has 5 nitrogen and oxygen atoms in total. The van der Waals surface area contributed by atoms with Crippen LogP contribution < -0.4 is 10.1 Å². The number of nitrogens with zero attached hydrogens (tertiary/aromatic N) is 1. The number of amides is 2. The first-order valence-corrected chi connectivity index (χ1v) is 12.6. The van der Waals surface area contributed by atoms with Gasteiger partial charge < -0.3 is 15.0 Å². The second kappa shape index (κ2) is 12.9. The number of carbonyl (C=O) groups excluding carboxylic acids is 2. The highest BCUT2D eigenvalue weighted by atomic mass is 79.9. The lowest BCUT2D eigenvalue weighted by Gasteiger charge is -2.30. The maximum absolute atomic E-state index is 13.4. The van der Waals surface area contributed by atoms with Crippen molar-refractivity contribution in [3.8, 4) is 5.75 Å². The van der Waals surface area contributed by atoms with Gasteiger partial charge in [-0.05, 0) is 69.6 Å². The molecule has 0 aliphatic heterocycles. The Bertz CT molecular complexity index is 957. The van der Waals surface area contributed by atoms with E-state index in [-0.39, 0.29) is 36.2 Å². The summed E-state index contributed by atoms with van der Waals surface area (Å²) in [4.78, 5) is 27.7. The Hall–Kier alpha value is -2.41. The lowest BCUT2D eigenvalue weighted by Crippen LogP contribution is -2.50. The van der Waals surface area contributed by atoms with Crippen LogP contribution in [0.25, 0.3) is 0 Å². The number of carbonyl (C=O) groups is 2. The van der Waals surface area contributed by atoms with Gasteiger partial charge in [-0.1, -0.05) is 59.2 Å². The first-order chi connectivity index (χ1) is 16.1. The van der Waals surface area contributed by atoms with Crippen molar-refractivity contribution < 1.29 is 18.7 Å². The van der Waals surface area contributed by atoms with Gasteiger partial charge in [-0.2, -0.15) is 0 Å². The molecule has 1 N–H and O–H groups in total. The summed E-state index contributed by atoms with van der Waals surface area (Å²) in [5, 5.41) is 2.93. The van der Waals surface area contributed by atoms with E-state index in [2.05, 4.69) is 48.9 Å². The molecule has 0 heterocycles. The number of benzene rings is 2. The first-order valence-electron chi connectivity index (χ1n) is 11.8. The molecule has 34 heavy (non-hydrogen) atoms. The Morgan fingerprint density at radius 1 is 1.12 bits per heavy atom. The lowest BCUT2D eigenvalue weighted by molar-refractivity contribution is -0.143.